The van der Waals surface area contributed by atoms with E-state index in [9.17, 15) is 0 Å². The zero-order valence-electron chi connectivity index (χ0n) is 12.3. The van der Waals surface area contributed by atoms with Gasteiger partial charge < -0.3 is 15.5 Å². The zero-order valence-corrected chi connectivity index (χ0v) is 12.3. The average Bonchev–Trinajstić information content (AvgIpc) is 2.69. The SMILES string of the molecule is CN(C)C1CCN(CC2(CN)CCCCCC2)C1. The fourth-order valence-corrected chi connectivity index (χ4v) is 3.76. The summed E-state index contributed by atoms with van der Waals surface area (Å²) < 4.78 is 0. The summed E-state index contributed by atoms with van der Waals surface area (Å²) in [4.78, 5) is 5.05. The minimum Gasteiger partial charge on any atom is -0.330 e. The molecule has 0 aromatic carbocycles. The lowest BCUT2D eigenvalue weighted by molar-refractivity contribution is 0.149. The van der Waals surface area contributed by atoms with E-state index < -0.39 is 0 Å². The van der Waals surface area contributed by atoms with Crippen molar-refractivity contribution in [2.75, 3.05) is 40.3 Å². The van der Waals surface area contributed by atoms with Gasteiger partial charge in [-0.25, -0.2) is 0 Å². The Morgan fingerprint density at radius 3 is 2.33 bits per heavy atom. The molecule has 1 aliphatic heterocycles. The van der Waals surface area contributed by atoms with Gasteiger partial charge in [0.05, 0.1) is 0 Å². The molecule has 0 aromatic heterocycles. The Kier molecular flexibility index (Phi) is 5.05. The Balaban J connectivity index is 1.90. The van der Waals surface area contributed by atoms with Crippen molar-refractivity contribution in [2.45, 2.75) is 51.0 Å². The van der Waals surface area contributed by atoms with Crippen molar-refractivity contribution in [1.82, 2.24) is 9.80 Å². The molecule has 18 heavy (non-hydrogen) atoms. The normalized spacial score (nSPS) is 29.7. The molecule has 0 spiro atoms. The van der Waals surface area contributed by atoms with E-state index >= 15 is 0 Å². The van der Waals surface area contributed by atoms with Gasteiger partial charge in [-0.3, -0.25) is 0 Å². The lowest BCUT2D eigenvalue weighted by atomic mass is 9.80. The molecular formula is C15H31N3. The number of nitrogens with two attached hydrogens (primary N) is 1. The summed E-state index contributed by atoms with van der Waals surface area (Å²) in [5, 5.41) is 0. The summed E-state index contributed by atoms with van der Waals surface area (Å²) in [6.45, 7) is 4.64. The third-order valence-corrected chi connectivity index (χ3v) is 5.13. The summed E-state index contributed by atoms with van der Waals surface area (Å²) in [6.07, 6.45) is 9.65. The van der Waals surface area contributed by atoms with E-state index in [1.165, 1.54) is 64.6 Å². The van der Waals surface area contributed by atoms with Crippen molar-refractivity contribution < 1.29 is 0 Å². The first kappa shape index (κ1) is 14.3. The molecule has 3 nitrogen and oxygen atoms in total. The predicted octanol–water partition coefficient (Wildman–Crippen LogP) is 1.92. The molecule has 0 radical (unpaired) electrons. The quantitative estimate of drug-likeness (QED) is 0.777. The van der Waals surface area contributed by atoms with E-state index in [1.54, 1.807) is 0 Å². The molecule has 2 fully saturated rings. The summed E-state index contributed by atoms with van der Waals surface area (Å²) in [5.41, 5.74) is 6.57. The lowest BCUT2D eigenvalue weighted by Crippen LogP contribution is -2.42. The van der Waals surface area contributed by atoms with Crippen molar-refractivity contribution in [3.8, 4) is 0 Å². The summed E-state index contributed by atoms with van der Waals surface area (Å²) in [5.74, 6) is 0. The molecule has 1 saturated carbocycles. The van der Waals surface area contributed by atoms with Gasteiger partial charge in [0.2, 0.25) is 0 Å². The molecule has 2 aliphatic rings. The van der Waals surface area contributed by atoms with Crippen molar-refractivity contribution in [1.29, 1.82) is 0 Å². The van der Waals surface area contributed by atoms with Crippen LogP contribution in [0.15, 0.2) is 0 Å². The lowest BCUT2D eigenvalue weighted by Gasteiger charge is -2.36. The Bertz CT molecular complexity index is 244. The fourth-order valence-electron chi connectivity index (χ4n) is 3.76. The van der Waals surface area contributed by atoms with E-state index in [4.69, 9.17) is 5.73 Å². The van der Waals surface area contributed by atoms with Gasteiger partial charge >= 0.3 is 0 Å². The number of likely N-dealkylation sites (tertiary alicyclic amines) is 1. The largest absolute Gasteiger partial charge is 0.330 e. The van der Waals surface area contributed by atoms with Gasteiger partial charge in [0.1, 0.15) is 0 Å². The van der Waals surface area contributed by atoms with Crippen LogP contribution >= 0.6 is 0 Å². The van der Waals surface area contributed by atoms with Crippen LogP contribution < -0.4 is 5.73 Å². The third kappa shape index (κ3) is 3.46. The van der Waals surface area contributed by atoms with Crippen molar-refractivity contribution >= 4 is 0 Å². The summed E-state index contributed by atoms with van der Waals surface area (Å²) in [7, 11) is 4.41. The minimum absolute atomic E-state index is 0.428. The maximum absolute atomic E-state index is 6.14. The molecular weight excluding hydrogens is 222 g/mol. The maximum Gasteiger partial charge on any atom is 0.0229 e. The van der Waals surface area contributed by atoms with Crippen LogP contribution in [-0.4, -0.2) is 56.1 Å². The standard InChI is InChI=1S/C15H31N3/c1-17(2)14-7-10-18(11-14)13-15(12-16)8-5-3-4-6-9-15/h14H,3-13,16H2,1-2H3. The van der Waals surface area contributed by atoms with Gasteiger partial charge in [0.25, 0.3) is 0 Å². The third-order valence-electron chi connectivity index (χ3n) is 5.13. The number of rotatable bonds is 4. The Morgan fingerprint density at radius 2 is 1.83 bits per heavy atom. The molecule has 3 heteroatoms. The Hall–Kier alpha value is -0.120. The van der Waals surface area contributed by atoms with Gasteiger partial charge in [-0.2, -0.15) is 0 Å². The highest BCUT2D eigenvalue weighted by Crippen LogP contribution is 2.35. The van der Waals surface area contributed by atoms with Crippen LogP contribution in [0.4, 0.5) is 0 Å². The molecule has 1 saturated heterocycles. The Labute approximate surface area is 113 Å². The molecule has 0 amide bonds. The van der Waals surface area contributed by atoms with Crippen LogP contribution in [-0.2, 0) is 0 Å². The molecule has 106 valence electrons. The number of hydrogen-bond acceptors (Lipinski definition) is 3. The number of hydrogen-bond donors (Lipinski definition) is 1. The van der Waals surface area contributed by atoms with Crippen molar-refractivity contribution in [3.63, 3.8) is 0 Å². The molecule has 0 aromatic rings. The van der Waals surface area contributed by atoms with Crippen LogP contribution in [0.2, 0.25) is 0 Å². The van der Waals surface area contributed by atoms with E-state index in [-0.39, 0.29) is 0 Å². The highest BCUT2D eigenvalue weighted by Gasteiger charge is 2.34. The first-order chi connectivity index (χ1) is 8.65. The number of nitrogens with zero attached hydrogens (tertiary/aromatic N) is 2. The molecule has 0 bridgehead atoms. The van der Waals surface area contributed by atoms with Gasteiger partial charge in [-0.1, -0.05) is 25.7 Å². The van der Waals surface area contributed by atoms with Crippen LogP contribution in [0.5, 0.6) is 0 Å². The van der Waals surface area contributed by atoms with E-state index in [0.29, 0.717) is 5.41 Å². The predicted molar refractivity (Wildman–Crippen MR) is 77.7 cm³/mol. The zero-order chi connectivity index (χ0) is 13.0. The van der Waals surface area contributed by atoms with Crippen LogP contribution in [0.25, 0.3) is 0 Å². The fraction of sp³-hybridized carbons (Fsp3) is 1.00. The summed E-state index contributed by atoms with van der Waals surface area (Å²) in [6, 6.07) is 0.755. The molecule has 1 heterocycles. The second-order valence-corrected chi connectivity index (χ2v) is 6.76. The number of likely N-dealkylation sites (N-methyl/N-ethyl adjacent to an activating group) is 1. The topological polar surface area (TPSA) is 32.5 Å². The summed E-state index contributed by atoms with van der Waals surface area (Å²) >= 11 is 0. The molecule has 2 rings (SSSR count). The second-order valence-electron chi connectivity index (χ2n) is 6.76. The molecule has 1 aliphatic carbocycles. The van der Waals surface area contributed by atoms with E-state index in [2.05, 4.69) is 23.9 Å². The van der Waals surface area contributed by atoms with Crippen molar-refractivity contribution in [2.24, 2.45) is 11.1 Å². The average molecular weight is 253 g/mol. The van der Waals surface area contributed by atoms with Crippen LogP contribution in [0, 0.1) is 5.41 Å². The Morgan fingerprint density at radius 1 is 1.17 bits per heavy atom. The van der Waals surface area contributed by atoms with Gasteiger partial charge in [-0.05, 0) is 51.9 Å². The first-order valence-electron chi connectivity index (χ1n) is 7.74. The highest BCUT2D eigenvalue weighted by atomic mass is 15.2. The first-order valence-corrected chi connectivity index (χ1v) is 7.74. The van der Waals surface area contributed by atoms with E-state index in [0.717, 1.165) is 12.6 Å². The molecule has 1 unspecified atom stereocenters. The van der Waals surface area contributed by atoms with Gasteiger partial charge in [0, 0.05) is 19.1 Å². The minimum atomic E-state index is 0.428. The molecule has 2 N–H and O–H groups in total. The van der Waals surface area contributed by atoms with Gasteiger partial charge in [-0.15, -0.1) is 0 Å². The maximum atomic E-state index is 6.14. The smallest absolute Gasteiger partial charge is 0.0229 e. The van der Waals surface area contributed by atoms with Crippen LogP contribution in [0.3, 0.4) is 0 Å². The molecule has 1 atom stereocenters. The van der Waals surface area contributed by atoms with E-state index in [1.807, 2.05) is 0 Å². The monoisotopic (exact) mass is 253 g/mol. The highest BCUT2D eigenvalue weighted by molar-refractivity contribution is 4.89. The van der Waals surface area contributed by atoms with Gasteiger partial charge in [0.15, 0.2) is 0 Å². The second kappa shape index (κ2) is 6.36. The van der Waals surface area contributed by atoms with Crippen LogP contribution in [0.1, 0.15) is 44.9 Å². The van der Waals surface area contributed by atoms with Crippen molar-refractivity contribution in [3.05, 3.63) is 0 Å².